The zero-order valence-corrected chi connectivity index (χ0v) is 16.0. The van der Waals surface area contributed by atoms with Crippen LogP contribution in [-0.4, -0.2) is 29.1 Å². The zero-order chi connectivity index (χ0) is 17.5. The van der Waals surface area contributed by atoms with Crippen LogP contribution in [0.15, 0.2) is 39.3 Å². The fraction of sp³-hybridized carbons (Fsp3) is 0.444. The van der Waals surface area contributed by atoms with Crippen LogP contribution in [0.25, 0.3) is 0 Å². The van der Waals surface area contributed by atoms with E-state index in [-0.39, 0.29) is 11.9 Å². The molecule has 1 amide bonds. The first-order chi connectivity index (χ1) is 11.5. The third-order valence-corrected chi connectivity index (χ3v) is 4.70. The van der Waals surface area contributed by atoms with Crippen molar-refractivity contribution in [3.8, 4) is 0 Å². The van der Waals surface area contributed by atoms with Crippen LogP contribution in [-0.2, 0) is 11.3 Å². The molecule has 0 bridgehead atoms. The van der Waals surface area contributed by atoms with E-state index in [0.29, 0.717) is 18.1 Å². The first kappa shape index (κ1) is 18.7. The molecule has 6 heteroatoms. The summed E-state index contributed by atoms with van der Waals surface area (Å²) in [4.78, 5) is 14.8. The first-order valence-electron chi connectivity index (χ1n) is 8.19. The van der Waals surface area contributed by atoms with E-state index in [1.165, 1.54) is 0 Å². The topological polar surface area (TPSA) is 58.4 Å². The minimum Gasteiger partial charge on any atom is -0.360 e. The number of amides is 1. The number of carbonyl (C=O) groups excluding carboxylic acids is 1. The number of aromatic nitrogens is 1. The van der Waals surface area contributed by atoms with E-state index in [1.807, 2.05) is 25.2 Å². The second-order valence-corrected chi connectivity index (χ2v) is 6.83. The number of hydrogen-bond acceptors (Lipinski definition) is 4. The lowest BCUT2D eigenvalue weighted by molar-refractivity contribution is -0.121. The summed E-state index contributed by atoms with van der Waals surface area (Å²) in [6.07, 6.45) is 2.85. The molecule has 0 aliphatic rings. The van der Waals surface area contributed by atoms with E-state index in [1.54, 1.807) is 13.0 Å². The van der Waals surface area contributed by atoms with E-state index >= 15 is 0 Å². The molecule has 130 valence electrons. The highest BCUT2D eigenvalue weighted by Crippen LogP contribution is 2.20. The molecule has 1 heterocycles. The fourth-order valence-electron chi connectivity index (χ4n) is 2.59. The summed E-state index contributed by atoms with van der Waals surface area (Å²) in [5.74, 6) is 1.09. The molecule has 1 unspecified atom stereocenters. The number of unbranched alkanes of at least 4 members (excludes halogenated alkanes) is 1. The van der Waals surface area contributed by atoms with E-state index in [2.05, 4.69) is 44.3 Å². The lowest BCUT2D eigenvalue weighted by Gasteiger charge is -2.27. The number of benzene rings is 1. The molecule has 0 fully saturated rings. The van der Waals surface area contributed by atoms with Crippen LogP contribution >= 0.6 is 15.9 Å². The highest BCUT2D eigenvalue weighted by molar-refractivity contribution is 9.10. The Labute approximate surface area is 151 Å². The van der Waals surface area contributed by atoms with Gasteiger partial charge < -0.3 is 9.84 Å². The Kier molecular flexibility index (Phi) is 6.99. The van der Waals surface area contributed by atoms with Crippen molar-refractivity contribution >= 4 is 27.7 Å². The molecule has 0 saturated carbocycles. The van der Waals surface area contributed by atoms with Gasteiger partial charge in [-0.1, -0.05) is 59.1 Å². The van der Waals surface area contributed by atoms with Gasteiger partial charge in [0.25, 0.3) is 0 Å². The molecule has 1 aromatic carbocycles. The molecule has 0 saturated heterocycles. The maximum absolute atomic E-state index is 12.7. The quantitative estimate of drug-likeness (QED) is 0.722. The van der Waals surface area contributed by atoms with Crippen LogP contribution in [0.4, 0.5) is 5.82 Å². The van der Waals surface area contributed by atoms with Crippen molar-refractivity contribution in [2.75, 3.05) is 12.4 Å². The van der Waals surface area contributed by atoms with Gasteiger partial charge in [0.15, 0.2) is 5.82 Å². The Balaban J connectivity index is 2.08. The lowest BCUT2D eigenvalue weighted by atomic mass is 10.1. The minimum atomic E-state index is -0.214. The molecular weight excluding hydrogens is 370 g/mol. The summed E-state index contributed by atoms with van der Waals surface area (Å²) in [6.45, 7) is 4.63. The Morgan fingerprint density at radius 1 is 1.42 bits per heavy atom. The Hall–Kier alpha value is -1.66. The van der Waals surface area contributed by atoms with Gasteiger partial charge in [0.1, 0.15) is 5.76 Å². The largest absolute Gasteiger partial charge is 0.360 e. The van der Waals surface area contributed by atoms with Crippen molar-refractivity contribution in [2.24, 2.45) is 0 Å². The number of nitrogens with zero attached hydrogens (tertiary/aromatic N) is 2. The number of likely N-dealkylation sites (N-methyl/N-ethyl adjacent to an activating group) is 1. The highest BCUT2D eigenvalue weighted by atomic mass is 79.9. The minimum absolute atomic E-state index is 0.0497. The van der Waals surface area contributed by atoms with Crippen LogP contribution in [0.2, 0.25) is 0 Å². The van der Waals surface area contributed by atoms with Gasteiger partial charge in [-0.2, -0.15) is 0 Å². The van der Waals surface area contributed by atoms with E-state index < -0.39 is 0 Å². The van der Waals surface area contributed by atoms with E-state index in [0.717, 1.165) is 29.3 Å². The highest BCUT2D eigenvalue weighted by Gasteiger charge is 2.24. The van der Waals surface area contributed by atoms with E-state index in [9.17, 15) is 4.79 Å². The van der Waals surface area contributed by atoms with Crippen molar-refractivity contribution in [3.63, 3.8) is 0 Å². The number of carbonyl (C=O) groups is 1. The summed E-state index contributed by atoms with van der Waals surface area (Å²) >= 11 is 3.57. The van der Waals surface area contributed by atoms with Crippen molar-refractivity contribution < 1.29 is 9.32 Å². The van der Waals surface area contributed by atoms with Gasteiger partial charge in [0.2, 0.25) is 5.91 Å². The third kappa shape index (κ3) is 5.18. The van der Waals surface area contributed by atoms with Gasteiger partial charge in [-0.3, -0.25) is 9.69 Å². The number of nitrogens with one attached hydrogen (secondary N) is 1. The second-order valence-electron chi connectivity index (χ2n) is 5.98. The maximum atomic E-state index is 12.7. The summed E-state index contributed by atoms with van der Waals surface area (Å²) in [7, 11) is 1.98. The molecule has 24 heavy (non-hydrogen) atoms. The smallest absolute Gasteiger partial charge is 0.242 e. The summed E-state index contributed by atoms with van der Waals surface area (Å²) in [5.41, 5.74) is 1.16. The summed E-state index contributed by atoms with van der Waals surface area (Å²) < 4.78 is 6.07. The van der Waals surface area contributed by atoms with Crippen LogP contribution in [0.1, 0.15) is 37.5 Å². The van der Waals surface area contributed by atoms with Crippen LogP contribution in [0.5, 0.6) is 0 Å². The molecule has 1 N–H and O–H groups in total. The van der Waals surface area contributed by atoms with Crippen LogP contribution in [0, 0.1) is 6.92 Å². The lowest BCUT2D eigenvalue weighted by Crippen LogP contribution is -2.41. The molecule has 0 aliphatic heterocycles. The Bertz CT molecular complexity index is 672. The number of rotatable bonds is 8. The van der Waals surface area contributed by atoms with Gasteiger partial charge in [0.05, 0.1) is 6.04 Å². The second kappa shape index (κ2) is 8.99. The average Bonchev–Trinajstić information content (AvgIpc) is 2.95. The molecule has 2 rings (SSSR count). The Morgan fingerprint density at radius 3 is 2.79 bits per heavy atom. The van der Waals surface area contributed by atoms with Crippen LogP contribution in [0.3, 0.4) is 0 Å². The predicted octanol–water partition coefficient (Wildman–Crippen LogP) is 4.37. The Morgan fingerprint density at radius 2 is 2.17 bits per heavy atom. The SMILES string of the molecule is CCCCC(C(=O)Nc1cc(C)on1)N(C)Cc1ccccc1Br. The van der Waals surface area contributed by atoms with Crippen molar-refractivity contribution in [2.45, 2.75) is 45.7 Å². The predicted molar refractivity (Wildman–Crippen MR) is 98.8 cm³/mol. The van der Waals surface area contributed by atoms with Crippen molar-refractivity contribution in [1.82, 2.24) is 10.1 Å². The number of anilines is 1. The van der Waals surface area contributed by atoms with Crippen molar-refractivity contribution in [3.05, 3.63) is 46.1 Å². The van der Waals surface area contributed by atoms with Gasteiger partial charge in [-0.05, 0) is 32.0 Å². The number of aryl methyl sites for hydroxylation is 1. The standard InChI is InChI=1S/C18H24BrN3O2/c1-4-5-10-16(18(23)20-17-11-13(2)24-21-17)22(3)12-14-8-6-7-9-15(14)19/h6-9,11,16H,4-5,10,12H2,1-3H3,(H,20,21,23). The molecule has 1 aromatic heterocycles. The molecular formula is C18H24BrN3O2. The van der Waals surface area contributed by atoms with E-state index in [4.69, 9.17) is 4.52 Å². The van der Waals surface area contributed by atoms with Gasteiger partial charge in [0, 0.05) is 17.1 Å². The monoisotopic (exact) mass is 393 g/mol. The summed E-state index contributed by atoms with van der Waals surface area (Å²) in [5, 5.41) is 6.70. The maximum Gasteiger partial charge on any atom is 0.242 e. The zero-order valence-electron chi connectivity index (χ0n) is 14.4. The fourth-order valence-corrected chi connectivity index (χ4v) is 3.00. The summed E-state index contributed by atoms with van der Waals surface area (Å²) in [6, 6.07) is 9.59. The third-order valence-electron chi connectivity index (χ3n) is 3.92. The first-order valence-corrected chi connectivity index (χ1v) is 8.98. The molecule has 0 spiro atoms. The van der Waals surface area contributed by atoms with Gasteiger partial charge in [-0.15, -0.1) is 0 Å². The number of halogens is 1. The normalized spacial score (nSPS) is 12.4. The van der Waals surface area contributed by atoms with Crippen LogP contribution < -0.4 is 5.32 Å². The van der Waals surface area contributed by atoms with Gasteiger partial charge in [-0.25, -0.2) is 0 Å². The molecule has 2 aromatic rings. The number of hydrogen-bond donors (Lipinski definition) is 1. The average molecular weight is 394 g/mol. The molecule has 1 atom stereocenters. The van der Waals surface area contributed by atoms with Crippen molar-refractivity contribution in [1.29, 1.82) is 0 Å². The van der Waals surface area contributed by atoms with Gasteiger partial charge >= 0.3 is 0 Å². The molecule has 5 nitrogen and oxygen atoms in total. The molecule has 0 aliphatic carbocycles. The molecule has 0 radical (unpaired) electrons.